The van der Waals surface area contributed by atoms with Gasteiger partial charge >= 0.3 is 0 Å². The topological polar surface area (TPSA) is 59.0 Å². The number of imidazole rings is 1. The Morgan fingerprint density at radius 3 is 2.72 bits per heavy atom. The minimum Gasteiger partial charge on any atom is -0.355 e. The van der Waals surface area contributed by atoms with Gasteiger partial charge in [0, 0.05) is 24.3 Å². The number of carbonyl (C=O) groups is 1. The summed E-state index contributed by atoms with van der Waals surface area (Å²) in [4.78, 5) is 16.7. The van der Waals surface area contributed by atoms with Gasteiger partial charge in [-0.2, -0.15) is 0 Å². The van der Waals surface area contributed by atoms with Crippen LogP contribution in [0.1, 0.15) is 42.1 Å². The van der Waals surface area contributed by atoms with Crippen LogP contribution >= 0.6 is 0 Å². The Morgan fingerprint density at radius 2 is 1.92 bits per heavy atom. The standard InChI is InChI=1S/C20H22N4O/c1-21-19(25)14-7-6-8-15(13-14)22-20-23-17-11-4-5-12-18(17)24(20)16-9-2-3-10-16/h4-8,11-13,16H,2-3,9-10H2,1H3,(H,21,25)(H,22,23). The van der Waals surface area contributed by atoms with E-state index in [1.54, 1.807) is 7.05 Å². The molecule has 5 nitrogen and oxygen atoms in total. The average molecular weight is 334 g/mol. The Labute approximate surface area is 147 Å². The molecule has 128 valence electrons. The van der Waals surface area contributed by atoms with Crippen molar-refractivity contribution < 1.29 is 4.79 Å². The molecule has 1 heterocycles. The number of hydrogen-bond donors (Lipinski definition) is 2. The normalized spacial score (nSPS) is 14.8. The first-order chi connectivity index (χ1) is 12.3. The van der Waals surface area contributed by atoms with Gasteiger partial charge in [0.05, 0.1) is 11.0 Å². The van der Waals surface area contributed by atoms with Crippen LogP contribution in [0.3, 0.4) is 0 Å². The molecule has 1 aromatic heterocycles. The maximum Gasteiger partial charge on any atom is 0.251 e. The lowest BCUT2D eigenvalue weighted by Gasteiger charge is -2.17. The van der Waals surface area contributed by atoms with Gasteiger partial charge in [-0.05, 0) is 43.2 Å². The Bertz CT molecular complexity index is 909. The van der Waals surface area contributed by atoms with Crippen LogP contribution in [0, 0.1) is 0 Å². The van der Waals surface area contributed by atoms with Crippen LogP contribution in [-0.2, 0) is 0 Å². The smallest absolute Gasteiger partial charge is 0.251 e. The lowest BCUT2D eigenvalue weighted by atomic mass is 10.2. The number of benzene rings is 2. The molecule has 1 amide bonds. The molecule has 1 aliphatic carbocycles. The van der Waals surface area contributed by atoms with Gasteiger partial charge in [0.1, 0.15) is 0 Å². The number of amides is 1. The zero-order valence-electron chi connectivity index (χ0n) is 14.3. The second kappa shape index (κ2) is 6.59. The minimum atomic E-state index is -0.0899. The summed E-state index contributed by atoms with van der Waals surface area (Å²) in [7, 11) is 1.64. The van der Waals surface area contributed by atoms with Gasteiger partial charge in [0.2, 0.25) is 5.95 Å². The van der Waals surface area contributed by atoms with Crippen LogP contribution in [0.25, 0.3) is 11.0 Å². The van der Waals surface area contributed by atoms with Gasteiger partial charge in [-0.15, -0.1) is 0 Å². The molecule has 1 aliphatic rings. The van der Waals surface area contributed by atoms with Gasteiger partial charge in [0.15, 0.2) is 0 Å². The molecule has 5 heteroatoms. The quantitative estimate of drug-likeness (QED) is 0.750. The average Bonchev–Trinajstić information content (AvgIpc) is 3.28. The summed E-state index contributed by atoms with van der Waals surface area (Å²) in [6, 6.07) is 16.3. The Balaban J connectivity index is 1.74. The van der Waals surface area contributed by atoms with Gasteiger partial charge in [-0.1, -0.05) is 31.0 Å². The zero-order chi connectivity index (χ0) is 17.2. The predicted molar refractivity (Wildman–Crippen MR) is 100 cm³/mol. The molecule has 2 aromatic carbocycles. The van der Waals surface area contributed by atoms with Crippen molar-refractivity contribution >= 4 is 28.6 Å². The molecule has 4 rings (SSSR count). The molecule has 0 bridgehead atoms. The van der Waals surface area contributed by atoms with Crippen LogP contribution in [-0.4, -0.2) is 22.5 Å². The van der Waals surface area contributed by atoms with E-state index in [1.165, 1.54) is 31.2 Å². The molecule has 1 saturated carbocycles. The lowest BCUT2D eigenvalue weighted by Crippen LogP contribution is -2.17. The maximum absolute atomic E-state index is 11.9. The van der Waals surface area contributed by atoms with Crippen LogP contribution in [0.2, 0.25) is 0 Å². The van der Waals surface area contributed by atoms with Crippen molar-refractivity contribution in [2.75, 3.05) is 12.4 Å². The van der Waals surface area contributed by atoms with E-state index < -0.39 is 0 Å². The highest BCUT2D eigenvalue weighted by atomic mass is 16.1. The zero-order valence-corrected chi connectivity index (χ0v) is 14.3. The molecule has 0 saturated heterocycles. The van der Waals surface area contributed by atoms with E-state index in [-0.39, 0.29) is 5.91 Å². The van der Waals surface area contributed by atoms with Gasteiger partial charge in [-0.3, -0.25) is 4.79 Å². The van der Waals surface area contributed by atoms with Gasteiger partial charge in [-0.25, -0.2) is 4.98 Å². The first-order valence-electron chi connectivity index (χ1n) is 8.82. The summed E-state index contributed by atoms with van der Waals surface area (Å²) >= 11 is 0. The summed E-state index contributed by atoms with van der Waals surface area (Å²) in [6.07, 6.45) is 4.91. The number of rotatable bonds is 4. The molecular weight excluding hydrogens is 312 g/mol. The third-order valence-electron chi connectivity index (χ3n) is 4.89. The highest BCUT2D eigenvalue weighted by Crippen LogP contribution is 2.36. The molecule has 1 fully saturated rings. The lowest BCUT2D eigenvalue weighted by molar-refractivity contribution is 0.0963. The van der Waals surface area contributed by atoms with Gasteiger partial charge in [0.25, 0.3) is 5.91 Å². The first-order valence-corrected chi connectivity index (χ1v) is 8.82. The van der Waals surface area contributed by atoms with Crippen LogP contribution in [0.15, 0.2) is 48.5 Å². The molecule has 0 atom stereocenters. The fourth-order valence-electron chi connectivity index (χ4n) is 3.68. The molecule has 0 radical (unpaired) electrons. The highest BCUT2D eigenvalue weighted by Gasteiger charge is 2.22. The molecule has 0 spiro atoms. The van der Waals surface area contributed by atoms with Crippen LogP contribution in [0.5, 0.6) is 0 Å². The third kappa shape index (κ3) is 2.97. The van der Waals surface area contributed by atoms with Gasteiger partial charge < -0.3 is 15.2 Å². The van der Waals surface area contributed by atoms with E-state index in [1.807, 2.05) is 36.4 Å². The summed E-state index contributed by atoms with van der Waals surface area (Å²) in [5, 5.41) is 6.09. The van der Waals surface area contributed by atoms with Crippen molar-refractivity contribution in [2.45, 2.75) is 31.7 Å². The Hall–Kier alpha value is -2.82. The highest BCUT2D eigenvalue weighted by molar-refractivity contribution is 5.95. The number of nitrogens with zero attached hydrogens (tertiary/aromatic N) is 2. The molecule has 2 N–H and O–H groups in total. The molecule has 25 heavy (non-hydrogen) atoms. The Morgan fingerprint density at radius 1 is 1.12 bits per heavy atom. The Kier molecular flexibility index (Phi) is 4.14. The number of fused-ring (bicyclic) bond motifs is 1. The van der Waals surface area contributed by atoms with Crippen molar-refractivity contribution in [3.8, 4) is 0 Å². The van der Waals surface area contributed by atoms with Crippen LogP contribution < -0.4 is 10.6 Å². The molecule has 0 unspecified atom stereocenters. The number of hydrogen-bond acceptors (Lipinski definition) is 3. The summed E-state index contributed by atoms with van der Waals surface area (Å²) in [6.45, 7) is 0. The van der Waals surface area contributed by atoms with E-state index in [9.17, 15) is 4.79 Å². The number of carbonyl (C=O) groups excluding carboxylic acids is 1. The summed E-state index contributed by atoms with van der Waals surface area (Å²) < 4.78 is 2.33. The molecule has 0 aliphatic heterocycles. The van der Waals surface area contributed by atoms with E-state index in [0.29, 0.717) is 11.6 Å². The summed E-state index contributed by atoms with van der Waals surface area (Å²) in [5.74, 6) is 0.759. The number of anilines is 2. The van der Waals surface area contributed by atoms with Crippen molar-refractivity contribution in [1.82, 2.24) is 14.9 Å². The van der Waals surface area contributed by atoms with Crippen molar-refractivity contribution in [3.63, 3.8) is 0 Å². The summed E-state index contributed by atoms with van der Waals surface area (Å²) in [5.41, 5.74) is 3.67. The minimum absolute atomic E-state index is 0.0899. The number of para-hydroxylation sites is 2. The second-order valence-electron chi connectivity index (χ2n) is 6.52. The predicted octanol–water partition coefficient (Wildman–Crippen LogP) is 4.25. The van der Waals surface area contributed by atoms with E-state index in [4.69, 9.17) is 4.98 Å². The van der Waals surface area contributed by atoms with Crippen LogP contribution in [0.4, 0.5) is 11.6 Å². The van der Waals surface area contributed by atoms with Crippen molar-refractivity contribution in [1.29, 1.82) is 0 Å². The monoisotopic (exact) mass is 334 g/mol. The second-order valence-corrected chi connectivity index (χ2v) is 6.52. The van der Waals surface area contributed by atoms with Crippen molar-refractivity contribution in [3.05, 3.63) is 54.1 Å². The van der Waals surface area contributed by atoms with Crippen molar-refractivity contribution in [2.24, 2.45) is 0 Å². The molecular formula is C20H22N4O. The SMILES string of the molecule is CNC(=O)c1cccc(Nc2nc3ccccc3n2C2CCCC2)c1. The first kappa shape index (κ1) is 15.7. The maximum atomic E-state index is 11.9. The molecule has 3 aromatic rings. The fraction of sp³-hybridized carbons (Fsp3) is 0.300. The number of aromatic nitrogens is 2. The third-order valence-corrected chi connectivity index (χ3v) is 4.89. The van der Waals surface area contributed by atoms with E-state index >= 15 is 0 Å². The largest absolute Gasteiger partial charge is 0.355 e. The van der Waals surface area contributed by atoms with E-state index in [0.717, 1.165) is 17.2 Å². The van der Waals surface area contributed by atoms with E-state index in [2.05, 4.69) is 27.3 Å². The number of nitrogens with one attached hydrogen (secondary N) is 2. The fourth-order valence-corrected chi connectivity index (χ4v) is 3.68.